The lowest BCUT2D eigenvalue weighted by molar-refractivity contribution is -0.192. The van der Waals surface area contributed by atoms with Crippen molar-refractivity contribution < 1.29 is 44.7 Å². The van der Waals surface area contributed by atoms with Gasteiger partial charge in [-0.15, -0.1) is 0 Å². The van der Waals surface area contributed by atoms with Crippen LogP contribution >= 0.6 is 15.9 Å². The third-order valence-electron chi connectivity index (χ3n) is 6.18. The van der Waals surface area contributed by atoms with Gasteiger partial charge in [-0.05, 0) is 47.9 Å². The molecule has 1 aliphatic heterocycles. The number of alkyl halides is 3. The van der Waals surface area contributed by atoms with Gasteiger partial charge < -0.3 is 10.1 Å². The SMILES string of the molecule is O=C(O)C(F)(F)F.O=C1CC(c2ccc(CC(NS(=O)(=O)c3ccccc3)c3nc4ccccc4[nH]3)cc2Br)S(=O)(=O)N1. The van der Waals surface area contributed by atoms with E-state index in [0.717, 1.165) is 11.1 Å². The quantitative estimate of drug-likeness (QED) is 0.223. The van der Waals surface area contributed by atoms with Crippen LogP contribution in [0.4, 0.5) is 13.2 Å². The Labute approximate surface area is 251 Å². The third-order valence-corrected chi connectivity index (χ3v) is 10.0. The molecule has 1 aromatic heterocycles. The summed E-state index contributed by atoms with van der Waals surface area (Å²) in [4.78, 5) is 28.5. The van der Waals surface area contributed by atoms with Gasteiger partial charge in [-0.25, -0.2) is 31.3 Å². The number of nitrogens with zero attached hydrogens (tertiary/aromatic N) is 1. The van der Waals surface area contributed by atoms with Crippen LogP contribution in [0.15, 0.2) is 82.2 Å². The highest BCUT2D eigenvalue weighted by Crippen LogP contribution is 2.36. The maximum Gasteiger partial charge on any atom is 0.490 e. The Bertz CT molecular complexity index is 1850. The van der Waals surface area contributed by atoms with E-state index >= 15 is 0 Å². The van der Waals surface area contributed by atoms with Crippen LogP contribution in [0.5, 0.6) is 0 Å². The number of amides is 1. The van der Waals surface area contributed by atoms with Crippen LogP contribution in [-0.4, -0.2) is 50.0 Å². The summed E-state index contributed by atoms with van der Waals surface area (Å²) >= 11 is 3.44. The second-order valence-corrected chi connectivity index (χ2v) is 13.7. The van der Waals surface area contributed by atoms with E-state index in [2.05, 4.69) is 30.6 Å². The predicted octanol–water partition coefficient (Wildman–Crippen LogP) is 4.11. The van der Waals surface area contributed by atoms with Gasteiger partial charge in [0.05, 0.1) is 28.4 Å². The number of rotatable bonds is 7. The van der Waals surface area contributed by atoms with Crippen molar-refractivity contribution in [3.05, 3.63) is 94.2 Å². The van der Waals surface area contributed by atoms with Gasteiger partial charge in [-0.1, -0.05) is 58.4 Å². The maximum atomic E-state index is 13.2. The fourth-order valence-corrected chi connectivity index (χ4v) is 7.74. The number of sulfonamides is 2. The van der Waals surface area contributed by atoms with Crippen LogP contribution in [0.25, 0.3) is 11.0 Å². The molecule has 1 aliphatic rings. The van der Waals surface area contributed by atoms with E-state index in [1.165, 1.54) is 12.1 Å². The molecule has 5 rings (SSSR count). The summed E-state index contributed by atoms with van der Waals surface area (Å²) < 4.78 is 87.9. The molecular weight excluding hydrogens is 681 g/mol. The number of benzene rings is 3. The Morgan fingerprint density at radius 2 is 1.72 bits per heavy atom. The van der Waals surface area contributed by atoms with Crippen molar-refractivity contribution in [2.45, 2.75) is 35.2 Å². The first-order chi connectivity index (χ1) is 20.1. The van der Waals surface area contributed by atoms with E-state index in [0.29, 0.717) is 21.4 Å². The molecular formula is C26H22BrF3N4O7S2. The number of aliphatic carboxylic acids is 1. The number of aromatic amines is 1. The van der Waals surface area contributed by atoms with Crippen molar-refractivity contribution in [1.82, 2.24) is 19.4 Å². The number of carboxylic acids is 1. The first kappa shape index (κ1) is 32.1. The number of carbonyl (C=O) groups is 2. The van der Waals surface area contributed by atoms with Gasteiger partial charge in [-0.2, -0.15) is 13.2 Å². The Kier molecular flexibility index (Phi) is 9.29. The lowest BCUT2D eigenvalue weighted by Gasteiger charge is -2.18. The molecule has 43 heavy (non-hydrogen) atoms. The average molecular weight is 704 g/mol. The Balaban J connectivity index is 0.000000541. The molecule has 4 aromatic rings. The molecule has 2 unspecified atom stereocenters. The first-order valence-corrected chi connectivity index (χ1v) is 16.0. The minimum atomic E-state index is -5.08. The lowest BCUT2D eigenvalue weighted by atomic mass is 10.0. The van der Waals surface area contributed by atoms with Crippen LogP contribution < -0.4 is 9.44 Å². The zero-order valence-corrected chi connectivity index (χ0v) is 24.9. The first-order valence-electron chi connectivity index (χ1n) is 12.2. The number of carboxylic acid groups (broad SMARTS) is 1. The summed E-state index contributed by atoms with van der Waals surface area (Å²) in [6.07, 6.45) is -5.00. The highest BCUT2D eigenvalue weighted by molar-refractivity contribution is 9.10. The monoisotopic (exact) mass is 702 g/mol. The topological polar surface area (TPSA) is 175 Å². The number of fused-ring (bicyclic) bond motifs is 1. The van der Waals surface area contributed by atoms with Gasteiger partial charge in [0.25, 0.3) is 0 Å². The standard InChI is InChI=1S/C24H21BrN4O5S2.C2HF3O2/c25-18-12-15(10-11-17(18)22-14-23(30)29-36(22,33)34)13-21(24-26-19-8-4-5-9-20(19)27-24)28-35(31,32)16-6-2-1-3-7-16;3-2(4,5)1(6)7/h1-12,21-22,28H,13-14H2,(H,26,27)(H,29,30);(H,6,7). The van der Waals surface area contributed by atoms with Crippen molar-refractivity contribution in [2.24, 2.45) is 0 Å². The van der Waals surface area contributed by atoms with E-state index in [1.807, 2.05) is 29.0 Å². The lowest BCUT2D eigenvalue weighted by Crippen LogP contribution is -2.31. The predicted molar refractivity (Wildman–Crippen MR) is 152 cm³/mol. The summed E-state index contributed by atoms with van der Waals surface area (Å²) in [6, 6.07) is 19.8. The number of halogens is 4. The molecule has 4 N–H and O–H groups in total. The van der Waals surface area contributed by atoms with Crippen LogP contribution in [0.2, 0.25) is 0 Å². The molecule has 3 aromatic carbocycles. The van der Waals surface area contributed by atoms with E-state index in [-0.39, 0.29) is 17.7 Å². The summed E-state index contributed by atoms with van der Waals surface area (Å²) in [6.45, 7) is 0. The summed E-state index contributed by atoms with van der Waals surface area (Å²) in [5.74, 6) is -2.85. The van der Waals surface area contributed by atoms with Gasteiger partial charge in [-0.3, -0.25) is 9.52 Å². The molecule has 0 spiro atoms. The van der Waals surface area contributed by atoms with E-state index in [1.54, 1.807) is 36.4 Å². The number of nitrogens with one attached hydrogen (secondary N) is 3. The molecule has 2 atom stereocenters. The van der Waals surface area contributed by atoms with Gasteiger partial charge in [0.2, 0.25) is 26.0 Å². The van der Waals surface area contributed by atoms with E-state index in [9.17, 15) is 34.8 Å². The maximum absolute atomic E-state index is 13.2. The molecule has 0 radical (unpaired) electrons. The van der Waals surface area contributed by atoms with E-state index < -0.39 is 49.4 Å². The highest BCUT2D eigenvalue weighted by atomic mass is 79.9. The van der Waals surface area contributed by atoms with Crippen LogP contribution in [0.1, 0.15) is 34.7 Å². The second kappa shape index (κ2) is 12.4. The smallest absolute Gasteiger partial charge is 0.475 e. The zero-order valence-electron chi connectivity index (χ0n) is 21.7. The summed E-state index contributed by atoms with van der Waals surface area (Å²) in [7, 11) is -7.66. The highest BCUT2D eigenvalue weighted by Gasteiger charge is 2.39. The van der Waals surface area contributed by atoms with Crippen molar-refractivity contribution in [3.8, 4) is 0 Å². The van der Waals surface area contributed by atoms with Crippen LogP contribution in [0.3, 0.4) is 0 Å². The largest absolute Gasteiger partial charge is 0.490 e. The fraction of sp³-hybridized carbons (Fsp3) is 0.192. The molecule has 1 amide bonds. The molecule has 0 saturated carbocycles. The zero-order chi connectivity index (χ0) is 31.6. The average Bonchev–Trinajstić information content (AvgIpc) is 3.48. The molecule has 0 bridgehead atoms. The minimum absolute atomic E-state index is 0.131. The molecule has 228 valence electrons. The van der Waals surface area contributed by atoms with Gasteiger partial charge in [0, 0.05) is 4.47 Å². The number of carbonyl (C=O) groups excluding carboxylic acids is 1. The Hall–Kier alpha value is -3.80. The molecule has 11 nitrogen and oxygen atoms in total. The number of para-hydroxylation sites is 2. The van der Waals surface area contributed by atoms with Crippen molar-refractivity contribution in [1.29, 1.82) is 0 Å². The normalized spacial score (nSPS) is 17.1. The summed E-state index contributed by atoms with van der Waals surface area (Å²) in [5, 5.41) is 6.14. The molecule has 0 aliphatic carbocycles. The molecule has 17 heteroatoms. The van der Waals surface area contributed by atoms with Crippen LogP contribution in [-0.2, 0) is 36.1 Å². The van der Waals surface area contributed by atoms with E-state index in [4.69, 9.17) is 9.90 Å². The van der Waals surface area contributed by atoms with Crippen LogP contribution in [0, 0.1) is 0 Å². The number of H-pyrrole nitrogens is 1. The van der Waals surface area contributed by atoms with Crippen molar-refractivity contribution in [2.75, 3.05) is 0 Å². The van der Waals surface area contributed by atoms with Gasteiger partial charge in [0.1, 0.15) is 11.1 Å². The second-order valence-electron chi connectivity index (χ2n) is 9.25. The Morgan fingerprint density at radius 3 is 2.28 bits per heavy atom. The number of hydrogen-bond donors (Lipinski definition) is 4. The van der Waals surface area contributed by atoms with Crippen molar-refractivity contribution >= 4 is 58.9 Å². The number of hydrogen-bond acceptors (Lipinski definition) is 7. The Morgan fingerprint density at radius 1 is 1.09 bits per heavy atom. The number of imidazole rings is 1. The summed E-state index contributed by atoms with van der Waals surface area (Å²) in [5.41, 5.74) is 2.68. The van der Waals surface area contributed by atoms with Gasteiger partial charge in [0.15, 0.2) is 0 Å². The minimum Gasteiger partial charge on any atom is -0.475 e. The number of aromatic nitrogens is 2. The molecule has 1 fully saturated rings. The third kappa shape index (κ3) is 7.78. The molecule has 1 saturated heterocycles. The molecule has 2 heterocycles. The van der Waals surface area contributed by atoms with Crippen molar-refractivity contribution in [3.63, 3.8) is 0 Å². The van der Waals surface area contributed by atoms with Gasteiger partial charge >= 0.3 is 12.1 Å². The fourth-order valence-electron chi connectivity index (χ4n) is 4.21.